The number of phenols is 2. The molecule has 0 amide bonds. The van der Waals surface area contributed by atoms with Gasteiger partial charge >= 0.3 is 0 Å². The van der Waals surface area contributed by atoms with Gasteiger partial charge in [0.05, 0.1) is 11.1 Å². The second-order valence-electron chi connectivity index (χ2n) is 3.75. The average Bonchev–Trinajstić information content (AvgIpc) is 2.29. The van der Waals surface area contributed by atoms with Crippen molar-refractivity contribution in [2.45, 2.75) is 0 Å². The lowest BCUT2D eigenvalue weighted by molar-refractivity contribution is 0.0977. The molecular weight excluding hydrogens is 222 g/mol. The van der Waals surface area contributed by atoms with Gasteiger partial charge in [0.1, 0.15) is 11.5 Å². The van der Waals surface area contributed by atoms with Crippen molar-refractivity contribution in [1.29, 1.82) is 0 Å². The molecule has 0 saturated carbocycles. The minimum absolute atomic E-state index is 0.122. The quantitative estimate of drug-likeness (QED) is 0.652. The van der Waals surface area contributed by atoms with E-state index in [2.05, 4.69) is 5.32 Å². The Labute approximate surface area is 97.4 Å². The minimum atomic E-state index is -0.474. The number of fused-ring (bicyclic) bond motifs is 1. The molecule has 88 valence electrons. The third kappa shape index (κ3) is 1.70. The van der Waals surface area contributed by atoms with Gasteiger partial charge in [-0.2, -0.15) is 0 Å². The smallest absolute Gasteiger partial charge is 0.195 e. The summed E-state index contributed by atoms with van der Waals surface area (Å²) < 4.78 is 0. The predicted octanol–water partition coefficient (Wildman–Crippen LogP) is 0.623. The van der Waals surface area contributed by atoms with Gasteiger partial charge in [-0.05, 0) is 25.3 Å². The lowest BCUT2D eigenvalue weighted by atomic mass is 9.88. The topological polar surface area (TPSA) is 86.6 Å². The van der Waals surface area contributed by atoms with E-state index in [1.165, 1.54) is 18.2 Å². The van der Waals surface area contributed by atoms with Gasteiger partial charge in [0, 0.05) is 12.1 Å². The number of allylic oxidation sites excluding steroid dienone is 1. The van der Waals surface area contributed by atoms with Gasteiger partial charge in [0.25, 0.3) is 0 Å². The maximum absolute atomic E-state index is 12.0. The summed E-state index contributed by atoms with van der Waals surface area (Å²) in [4.78, 5) is 23.8. The zero-order chi connectivity index (χ0) is 12.6. The molecule has 0 unspecified atom stereocenters. The molecule has 17 heavy (non-hydrogen) atoms. The van der Waals surface area contributed by atoms with Crippen molar-refractivity contribution in [3.63, 3.8) is 0 Å². The summed E-state index contributed by atoms with van der Waals surface area (Å²) in [5, 5.41) is 21.9. The van der Waals surface area contributed by atoms with Gasteiger partial charge in [-0.25, -0.2) is 0 Å². The Balaban J connectivity index is 2.64. The fraction of sp³-hybridized carbons (Fsp3) is 0.167. The van der Waals surface area contributed by atoms with Crippen LogP contribution in [-0.4, -0.2) is 35.4 Å². The van der Waals surface area contributed by atoms with E-state index in [9.17, 15) is 19.8 Å². The van der Waals surface area contributed by atoms with E-state index in [4.69, 9.17) is 0 Å². The fourth-order valence-electron chi connectivity index (χ4n) is 1.84. The Morgan fingerprint density at radius 1 is 1.12 bits per heavy atom. The van der Waals surface area contributed by atoms with Crippen molar-refractivity contribution in [1.82, 2.24) is 5.32 Å². The molecule has 0 radical (unpaired) electrons. The first-order valence-electron chi connectivity index (χ1n) is 5.05. The molecule has 0 fully saturated rings. The molecule has 0 spiro atoms. The molecule has 1 aromatic rings. The zero-order valence-corrected chi connectivity index (χ0v) is 9.15. The monoisotopic (exact) mass is 233 g/mol. The third-order valence-corrected chi connectivity index (χ3v) is 2.60. The second-order valence-corrected chi connectivity index (χ2v) is 3.75. The van der Waals surface area contributed by atoms with Crippen LogP contribution in [-0.2, 0) is 0 Å². The van der Waals surface area contributed by atoms with Gasteiger partial charge in [-0.3, -0.25) is 9.59 Å². The zero-order valence-electron chi connectivity index (χ0n) is 9.15. The highest BCUT2D eigenvalue weighted by Gasteiger charge is 2.30. The first-order chi connectivity index (χ1) is 8.06. The van der Waals surface area contributed by atoms with Crippen LogP contribution < -0.4 is 5.32 Å². The minimum Gasteiger partial charge on any atom is -0.507 e. The Morgan fingerprint density at radius 3 is 2.29 bits per heavy atom. The van der Waals surface area contributed by atoms with E-state index < -0.39 is 11.6 Å². The summed E-state index contributed by atoms with van der Waals surface area (Å²) in [7, 11) is 1.65. The lowest BCUT2D eigenvalue weighted by Crippen LogP contribution is -2.24. The van der Waals surface area contributed by atoms with E-state index in [-0.39, 0.29) is 34.7 Å². The normalized spacial score (nSPS) is 14.5. The Bertz CT molecular complexity index is 546. The number of likely N-dealkylation sites (N-methyl/N-ethyl adjacent to an activating group) is 1. The van der Waals surface area contributed by atoms with Gasteiger partial charge in [0.2, 0.25) is 0 Å². The van der Waals surface area contributed by atoms with Gasteiger partial charge in [0.15, 0.2) is 11.6 Å². The van der Waals surface area contributed by atoms with E-state index in [0.29, 0.717) is 0 Å². The largest absolute Gasteiger partial charge is 0.507 e. The Kier molecular flexibility index (Phi) is 2.69. The molecule has 5 heteroatoms. The first-order valence-corrected chi connectivity index (χ1v) is 5.05. The molecule has 0 bridgehead atoms. The maximum Gasteiger partial charge on any atom is 0.195 e. The summed E-state index contributed by atoms with van der Waals surface area (Å²) in [5.74, 6) is -1.51. The molecule has 0 aromatic heterocycles. The molecule has 1 aliphatic carbocycles. The number of aromatic hydroxyl groups is 2. The molecule has 0 heterocycles. The lowest BCUT2D eigenvalue weighted by Gasteiger charge is -2.16. The number of carbonyl (C=O) groups excluding carboxylic acids is 2. The molecule has 5 nitrogen and oxygen atoms in total. The highest BCUT2D eigenvalue weighted by Crippen LogP contribution is 2.34. The van der Waals surface area contributed by atoms with Crippen molar-refractivity contribution in [3.05, 3.63) is 34.9 Å². The average molecular weight is 233 g/mol. The number of rotatable bonds is 2. The summed E-state index contributed by atoms with van der Waals surface area (Å²) in [6.45, 7) is 0.235. The van der Waals surface area contributed by atoms with Crippen molar-refractivity contribution < 1.29 is 19.8 Å². The van der Waals surface area contributed by atoms with Gasteiger partial charge in [-0.15, -0.1) is 0 Å². The second kappa shape index (κ2) is 4.03. The Morgan fingerprint density at radius 2 is 1.71 bits per heavy atom. The summed E-state index contributed by atoms with van der Waals surface area (Å²) >= 11 is 0. The maximum atomic E-state index is 12.0. The molecule has 1 aromatic carbocycles. The van der Waals surface area contributed by atoms with Crippen LogP contribution in [0.15, 0.2) is 23.8 Å². The van der Waals surface area contributed by atoms with Crippen LogP contribution >= 0.6 is 0 Å². The molecule has 0 aliphatic heterocycles. The number of nitrogens with one attached hydrogen (secondary N) is 1. The highest BCUT2D eigenvalue weighted by molar-refractivity contribution is 6.26. The summed E-state index contributed by atoms with van der Waals surface area (Å²) in [6.07, 6.45) is 1.18. The standard InChI is InChI=1S/C12H11NO4/c1-13-5-6-4-9(16)10-7(14)2-3-8(15)11(10)12(6)17/h2-4,13-15H,5H2,1H3. The van der Waals surface area contributed by atoms with Crippen LogP contribution in [0.5, 0.6) is 11.5 Å². The summed E-state index contributed by atoms with van der Waals surface area (Å²) in [6, 6.07) is 2.39. The number of hydrogen-bond donors (Lipinski definition) is 3. The van der Waals surface area contributed by atoms with Crippen molar-refractivity contribution in [2.24, 2.45) is 0 Å². The van der Waals surface area contributed by atoms with Crippen LogP contribution in [0.25, 0.3) is 0 Å². The number of phenolic OH excluding ortho intramolecular Hbond substituents is 2. The van der Waals surface area contributed by atoms with E-state index in [0.717, 1.165) is 0 Å². The van der Waals surface area contributed by atoms with Gasteiger partial charge < -0.3 is 15.5 Å². The van der Waals surface area contributed by atoms with E-state index in [1.807, 2.05) is 0 Å². The van der Waals surface area contributed by atoms with Crippen LogP contribution in [0, 0.1) is 0 Å². The third-order valence-electron chi connectivity index (χ3n) is 2.60. The number of carbonyl (C=O) groups is 2. The van der Waals surface area contributed by atoms with E-state index >= 15 is 0 Å². The SMILES string of the molecule is CNCC1=CC(=O)c2c(O)ccc(O)c2C1=O. The molecule has 2 rings (SSSR count). The number of hydrogen-bond acceptors (Lipinski definition) is 5. The number of benzene rings is 1. The van der Waals surface area contributed by atoms with Crippen LogP contribution in [0.1, 0.15) is 20.7 Å². The fourth-order valence-corrected chi connectivity index (χ4v) is 1.84. The molecule has 0 atom stereocenters. The first kappa shape index (κ1) is 11.3. The van der Waals surface area contributed by atoms with Crippen molar-refractivity contribution in [3.8, 4) is 11.5 Å². The van der Waals surface area contributed by atoms with Gasteiger partial charge in [-0.1, -0.05) is 0 Å². The van der Waals surface area contributed by atoms with Crippen LogP contribution in [0.3, 0.4) is 0 Å². The molecule has 3 N–H and O–H groups in total. The summed E-state index contributed by atoms with van der Waals surface area (Å²) in [5.41, 5.74) is 0.0171. The van der Waals surface area contributed by atoms with Crippen LogP contribution in [0.4, 0.5) is 0 Å². The van der Waals surface area contributed by atoms with Crippen molar-refractivity contribution in [2.75, 3.05) is 13.6 Å². The van der Waals surface area contributed by atoms with Crippen LogP contribution in [0.2, 0.25) is 0 Å². The predicted molar refractivity (Wildman–Crippen MR) is 60.4 cm³/mol. The van der Waals surface area contributed by atoms with E-state index in [1.54, 1.807) is 7.05 Å². The molecule has 0 saturated heterocycles. The molecule has 1 aliphatic rings. The van der Waals surface area contributed by atoms with Crippen molar-refractivity contribution >= 4 is 11.6 Å². The highest BCUT2D eigenvalue weighted by atomic mass is 16.3. The Hall–Kier alpha value is -2.14. The number of Topliss-reactive ketones (excluding diaryl/α,β-unsaturated/α-hetero) is 1. The molecular formula is C12H11NO4. The number of ketones is 2.